The van der Waals surface area contributed by atoms with Gasteiger partial charge in [0, 0.05) is 44.8 Å². The zero-order valence-electron chi connectivity index (χ0n) is 17.3. The van der Waals surface area contributed by atoms with E-state index in [1.54, 1.807) is 42.3 Å². The van der Waals surface area contributed by atoms with Crippen LogP contribution < -0.4 is 4.74 Å². The minimum Gasteiger partial charge on any atom is -0.492 e. The van der Waals surface area contributed by atoms with Crippen molar-refractivity contribution in [3.63, 3.8) is 0 Å². The molecule has 1 N–H and O–H groups in total. The van der Waals surface area contributed by atoms with Gasteiger partial charge in [0.15, 0.2) is 0 Å². The van der Waals surface area contributed by atoms with Crippen LogP contribution in [0.15, 0.2) is 61.1 Å². The second-order valence-electron chi connectivity index (χ2n) is 7.12. The fourth-order valence-corrected chi connectivity index (χ4v) is 2.79. The highest BCUT2D eigenvalue weighted by molar-refractivity contribution is 5.75. The number of benzene rings is 1. The summed E-state index contributed by atoms with van der Waals surface area (Å²) in [6.45, 7) is 1.52. The highest BCUT2D eigenvalue weighted by Gasteiger charge is 2.08. The molecule has 3 rings (SSSR count). The van der Waals surface area contributed by atoms with Crippen molar-refractivity contribution in [1.29, 1.82) is 0 Å². The van der Waals surface area contributed by atoms with Crippen molar-refractivity contribution in [1.82, 2.24) is 24.7 Å². The van der Waals surface area contributed by atoms with E-state index in [4.69, 9.17) is 4.74 Å². The van der Waals surface area contributed by atoms with Crippen molar-refractivity contribution >= 4 is 5.91 Å². The zero-order chi connectivity index (χ0) is 21.3. The molecular formula is C22H27N5O3. The van der Waals surface area contributed by atoms with Gasteiger partial charge in [0.25, 0.3) is 0 Å². The van der Waals surface area contributed by atoms with Crippen LogP contribution in [-0.4, -0.2) is 69.6 Å². The predicted octanol–water partition coefficient (Wildman–Crippen LogP) is 2.35. The van der Waals surface area contributed by atoms with E-state index in [0.717, 1.165) is 29.0 Å². The van der Waals surface area contributed by atoms with Crippen LogP contribution in [0, 0.1) is 0 Å². The Kier molecular flexibility index (Phi) is 7.53. The summed E-state index contributed by atoms with van der Waals surface area (Å²) in [4.78, 5) is 17.4. The number of carbonyl (C=O) groups excluding carboxylic acids is 1. The molecule has 0 aliphatic rings. The van der Waals surface area contributed by atoms with Gasteiger partial charge in [-0.25, -0.2) is 0 Å². The minimum absolute atomic E-state index is 0.00763. The third kappa shape index (κ3) is 6.40. The van der Waals surface area contributed by atoms with Crippen molar-refractivity contribution < 1.29 is 14.7 Å². The van der Waals surface area contributed by atoms with E-state index in [1.807, 2.05) is 42.5 Å². The minimum atomic E-state index is -0.00763. The number of rotatable bonds is 10. The lowest BCUT2D eigenvalue weighted by Crippen LogP contribution is -2.27. The summed E-state index contributed by atoms with van der Waals surface area (Å²) < 4.78 is 7.34. The van der Waals surface area contributed by atoms with Gasteiger partial charge in [-0.15, -0.1) is 0 Å². The average molecular weight is 409 g/mol. The molecule has 0 bridgehead atoms. The lowest BCUT2D eigenvalue weighted by molar-refractivity contribution is -0.129. The number of likely N-dealkylation sites (N-methyl/N-ethyl adjacent to an activating group) is 1. The summed E-state index contributed by atoms with van der Waals surface area (Å²) in [5.41, 5.74) is 2.82. The Bertz CT molecular complexity index is 925. The van der Waals surface area contributed by atoms with Gasteiger partial charge >= 0.3 is 0 Å². The third-order valence-electron chi connectivity index (χ3n) is 4.59. The second-order valence-corrected chi connectivity index (χ2v) is 7.12. The first-order chi connectivity index (χ1) is 14.5. The Labute approximate surface area is 176 Å². The monoisotopic (exact) mass is 409 g/mol. The van der Waals surface area contributed by atoms with Crippen molar-refractivity contribution in [2.75, 3.05) is 33.8 Å². The maximum absolute atomic E-state index is 11.8. The van der Waals surface area contributed by atoms with Gasteiger partial charge in [-0.2, -0.15) is 10.2 Å². The summed E-state index contributed by atoms with van der Waals surface area (Å²) in [7, 11) is 3.45. The van der Waals surface area contributed by atoms with Crippen molar-refractivity contribution in [2.45, 2.75) is 13.0 Å². The number of nitrogens with zero attached hydrogens (tertiary/aromatic N) is 5. The van der Waals surface area contributed by atoms with Crippen LogP contribution in [0.1, 0.15) is 5.56 Å². The standard InChI is InChI=1S/C22H27N5O3/c1-25(2)22(28)17-26-12-10-21(24-26)19-5-7-20(8-6-19)30-15-14-27(29)13-9-18-4-3-11-23-16-18/h3-8,10-12,16,29H,9,13-15,17H2,1-2H3. The van der Waals surface area contributed by atoms with Crippen molar-refractivity contribution in [3.8, 4) is 17.0 Å². The topological polar surface area (TPSA) is 83.7 Å². The molecule has 0 unspecified atom stereocenters. The summed E-state index contributed by atoms with van der Waals surface area (Å²) >= 11 is 0. The van der Waals surface area contributed by atoms with Gasteiger partial charge in [0.2, 0.25) is 5.91 Å². The molecule has 1 amide bonds. The quantitative estimate of drug-likeness (QED) is 0.518. The average Bonchev–Trinajstić information content (AvgIpc) is 3.22. The number of amides is 1. The molecule has 30 heavy (non-hydrogen) atoms. The third-order valence-corrected chi connectivity index (χ3v) is 4.59. The van der Waals surface area contributed by atoms with Gasteiger partial charge in [-0.1, -0.05) is 6.07 Å². The van der Waals surface area contributed by atoms with Gasteiger partial charge in [0.1, 0.15) is 18.9 Å². The molecule has 0 spiro atoms. The molecule has 2 heterocycles. The SMILES string of the molecule is CN(C)C(=O)Cn1ccc(-c2ccc(OCCN(O)CCc3cccnc3)cc2)n1. The van der Waals surface area contributed by atoms with E-state index >= 15 is 0 Å². The zero-order valence-corrected chi connectivity index (χ0v) is 17.3. The van der Waals surface area contributed by atoms with E-state index < -0.39 is 0 Å². The highest BCUT2D eigenvalue weighted by atomic mass is 16.5. The summed E-state index contributed by atoms with van der Waals surface area (Å²) in [6.07, 6.45) is 6.06. The molecule has 158 valence electrons. The van der Waals surface area contributed by atoms with Crippen LogP contribution >= 0.6 is 0 Å². The van der Waals surface area contributed by atoms with Crippen LogP contribution in [0.3, 0.4) is 0 Å². The summed E-state index contributed by atoms with van der Waals surface area (Å²) in [5, 5.41) is 15.7. The number of hydrogen-bond donors (Lipinski definition) is 1. The van der Waals surface area contributed by atoms with Gasteiger partial charge in [-0.3, -0.25) is 14.5 Å². The molecule has 2 aromatic heterocycles. The van der Waals surface area contributed by atoms with E-state index in [-0.39, 0.29) is 12.5 Å². The Morgan fingerprint density at radius 3 is 2.63 bits per heavy atom. The van der Waals surface area contributed by atoms with E-state index in [9.17, 15) is 10.0 Å². The second kappa shape index (κ2) is 10.5. The number of hydrogen-bond acceptors (Lipinski definition) is 6. The molecule has 0 saturated carbocycles. The molecule has 8 nitrogen and oxygen atoms in total. The predicted molar refractivity (Wildman–Crippen MR) is 113 cm³/mol. The maximum Gasteiger partial charge on any atom is 0.243 e. The van der Waals surface area contributed by atoms with Crippen LogP contribution in [-0.2, 0) is 17.8 Å². The summed E-state index contributed by atoms with van der Waals surface area (Å²) in [6, 6.07) is 13.3. The van der Waals surface area contributed by atoms with E-state index in [1.165, 1.54) is 5.06 Å². The Morgan fingerprint density at radius 1 is 1.13 bits per heavy atom. The molecule has 1 aromatic carbocycles. The molecule has 8 heteroatoms. The number of hydroxylamine groups is 2. The molecule has 0 fully saturated rings. The first-order valence-electron chi connectivity index (χ1n) is 9.81. The molecule has 0 radical (unpaired) electrons. The summed E-state index contributed by atoms with van der Waals surface area (Å²) in [5.74, 6) is 0.716. The van der Waals surface area contributed by atoms with E-state index in [0.29, 0.717) is 19.7 Å². The number of aromatic nitrogens is 3. The van der Waals surface area contributed by atoms with Gasteiger partial charge < -0.3 is 14.8 Å². The van der Waals surface area contributed by atoms with Gasteiger partial charge in [0.05, 0.1) is 12.2 Å². The fourth-order valence-electron chi connectivity index (χ4n) is 2.79. The van der Waals surface area contributed by atoms with E-state index in [2.05, 4.69) is 10.1 Å². The van der Waals surface area contributed by atoms with Crippen molar-refractivity contribution in [3.05, 3.63) is 66.6 Å². The van der Waals surface area contributed by atoms with Crippen LogP contribution in [0.25, 0.3) is 11.3 Å². The van der Waals surface area contributed by atoms with Crippen LogP contribution in [0.4, 0.5) is 0 Å². The smallest absolute Gasteiger partial charge is 0.243 e. The maximum atomic E-state index is 11.8. The largest absolute Gasteiger partial charge is 0.492 e. The first kappa shape index (κ1) is 21.5. The number of ether oxygens (including phenoxy) is 1. The molecule has 3 aromatic rings. The molecule has 0 atom stereocenters. The molecular weight excluding hydrogens is 382 g/mol. The van der Waals surface area contributed by atoms with Crippen molar-refractivity contribution in [2.24, 2.45) is 0 Å². The molecule has 0 aliphatic heterocycles. The first-order valence-corrected chi connectivity index (χ1v) is 9.81. The van der Waals surface area contributed by atoms with Crippen LogP contribution in [0.2, 0.25) is 0 Å². The fraction of sp³-hybridized carbons (Fsp3) is 0.318. The Morgan fingerprint density at radius 2 is 1.93 bits per heavy atom. The normalized spacial score (nSPS) is 10.9. The number of pyridine rings is 1. The Hall–Kier alpha value is -3.23. The lowest BCUT2D eigenvalue weighted by Gasteiger charge is -2.15. The Balaban J connectivity index is 1.43. The lowest BCUT2D eigenvalue weighted by atomic mass is 10.1. The highest BCUT2D eigenvalue weighted by Crippen LogP contribution is 2.20. The van der Waals surface area contributed by atoms with Gasteiger partial charge in [-0.05, 0) is 48.4 Å². The number of carbonyl (C=O) groups is 1. The molecule has 0 aliphatic carbocycles. The van der Waals surface area contributed by atoms with Crippen LogP contribution in [0.5, 0.6) is 5.75 Å². The molecule has 0 saturated heterocycles.